The zero-order chi connectivity index (χ0) is 19.9. The number of para-hydroxylation sites is 1. The SMILES string of the molecule is C[C@@H](C(=O)NC12CC3CC(CC(C3)C1)C2)N(C)CC(=O)Nc1ccccc1Cl. The van der Waals surface area contributed by atoms with Gasteiger partial charge in [0.2, 0.25) is 11.8 Å². The van der Waals surface area contributed by atoms with E-state index in [1.807, 2.05) is 26.1 Å². The van der Waals surface area contributed by atoms with Gasteiger partial charge in [0.1, 0.15) is 0 Å². The zero-order valence-corrected chi connectivity index (χ0v) is 17.5. The molecule has 5 nitrogen and oxygen atoms in total. The van der Waals surface area contributed by atoms with Gasteiger partial charge in [-0.2, -0.15) is 0 Å². The Morgan fingerprint density at radius 2 is 1.71 bits per heavy atom. The molecule has 0 unspecified atom stereocenters. The highest BCUT2D eigenvalue weighted by atomic mass is 35.5. The summed E-state index contributed by atoms with van der Waals surface area (Å²) in [5.41, 5.74) is 0.592. The van der Waals surface area contributed by atoms with Gasteiger partial charge in [-0.1, -0.05) is 23.7 Å². The molecule has 4 aliphatic carbocycles. The maximum Gasteiger partial charge on any atom is 0.238 e. The second kappa shape index (κ2) is 7.68. The van der Waals surface area contributed by atoms with E-state index in [2.05, 4.69) is 10.6 Å². The van der Waals surface area contributed by atoms with E-state index in [1.54, 1.807) is 17.0 Å². The Morgan fingerprint density at radius 1 is 1.14 bits per heavy atom. The molecule has 4 aliphatic rings. The average molecular weight is 404 g/mol. The molecular formula is C22H30ClN3O2. The summed E-state index contributed by atoms with van der Waals surface area (Å²) in [6.07, 6.45) is 7.46. The maximum atomic E-state index is 13.0. The molecule has 0 aromatic heterocycles. The lowest BCUT2D eigenvalue weighted by molar-refractivity contribution is -0.131. The van der Waals surface area contributed by atoms with Crippen LogP contribution in [0.2, 0.25) is 5.02 Å². The number of rotatable bonds is 6. The van der Waals surface area contributed by atoms with E-state index in [1.165, 1.54) is 19.3 Å². The molecule has 1 atom stereocenters. The summed E-state index contributed by atoms with van der Waals surface area (Å²) < 4.78 is 0. The number of hydrogen-bond donors (Lipinski definition) is 2. The number of amides is 2. The predicted molar refractivity (Wildman–Crippen MR) is 111 cm³/mol. The molecule has 0 radical (unpaired) electrons. The number of likely N-dealkylation sites (N-methyl/N-ethyl adjacent to an activating group) is 1. The minimum Gasteiger partial charge on any atom is -0.349 e. The molecule has 0 spiro atoms. The van der Waals surface area contributed by atoms with Gasteiger partial charge >= 0.3 is 0 Å². The van der Waals surface area contributed by atoms with Crippen LogP contribution in [0.1, 0.15) is 45.4 Å². The van der Waals surface area contributed by atoms with Gasteiger partial charge in [-0.15, -0.1) is 0 Å². The van der Waals surface area contributed by atoms with E-state index < -0.39 is 0 Å². The lowest BCUT2D eigenvalue weighted by atomic mass is 9.53. The Bertz CT molecular complexity index is 731. The number of hydrogen-bond acceptors (Lipinski definition) is 3. The molecule has 2 N–H and O–H groups in total. The molecule has 4 fully saturated rings. The zero-order valence-electron chi connectivity index (χ0n) is 16.7. The summed E-state index contributed by atoms with van der Waals surface area (Å²) in [6, 6.07) is 6.80. The Hall–Kier alpha value is -1.59. The molecule has 4 bridgehead atoms. The van der Waals surface area contributed by atoms with Gasteiger partial charge in [0, 0.05) is 5.54 Å². The van der Waals surface area contributed by atoms with Gasteiger partial charge in [0.05, 0.1) is 23.3 Å². The number of carbonyl (C=O) groups is 2. The summed E-state index contributed by atoms with van der Waals surface area (Å²) in [4.78, 5) is 27.1. The molecule has 152 valence electrons. The van der Waals surface area contributed by atoms with Crippen LogP contribution in [0.4, 0.5) is 5.69 Å². The highest BCUT2D eigenvalue weighted by molar-refractivity contribution is 6.33. The first-order valence-corrected chi connectivity index (χ1v) is 10.8. The summed E-state index contributed by atoms with van der Waals surface area (Å²) in [6.45, 7) is 2.01. The van der Waals surface area contributed by atoms with Crippen molar-refractivity contribution in [1.29, 1.82) is 0 Å². The van der Waals surface area contributed by atoms with Gasteiger partial charge in [-0.3, -0.25) is 14.5 Å². The van der Waals surface area contributed by atoms with Crippen LogP contribution in [-0.2, 0) is 9.59 Å². The first kappa shape index (κ1) is 19.7. The normalized spacial score (nSPS) is 31.6. The number of carbonyl (C=O) groups excluding carboxylic acids is 2. The number of anilines is 1. The predicted octanol–water partition coefficient (Wildman–Crippen LogP) is 3.68. The van der Waals surface area contributed by atoms with Crippen molar-refractivity contribution in [3.63, 3.8) is 0 Å². The topological polar surface area (TPSA) is 61.4 Å². The van der Waals surface area contributed by atoms with Gasteiger partial charge in [-0.05, 0) is 82.4 Å². The van der Waals surface area contributed by atoms with Crippen molar-refractivity contribution in [2.24, 2.45) is 17.8 Å². The monoisotopic (exact) mass is 403 g/mol. The lowest BCUT2D eigenvalue weighted by Crippen LogP contribution is -2.62. The van der Waals surface area contributed by atoms with Gasteiger partial charge in [0.15, 0.2) is 0 Å². The van der Waals surface area contributed by atoms with Gasteiger partial charge in [-0.25, -0.2) is 0 Å². The van der Waals surface area contributed by atoms with Crippen LogP contribution >= 0.6 is 11.6 Å². The van der Waals surface area contributed by atoms with Gasteiger partial charge < -0.3 is 10.6 Å². The lowest BCUT2D eigenvalue weighted by Gasteiger charge is -2.57. The van der Waals surface area contributed by atoms with Crippen LogP contribution in [-0.4, -0.2) is 41.9 Å². The van der Waals surface area contributed by atoms with Crippen molar-refractivity contribution in [3.05, 3.63) is 29.3 Å². The first-order valence-electron chi connectivity index (χ1n) is 10.4. The molecule has 28 heavy (non-hydrogen) atoms. The third-order valence-electron chi connectivity index (χ3n) is 7.01. The van der Waals surface area contributed by atoms with Crippen LogP contribution < -0.4 is 10.6 Å². The highest BCUT2D eigenvalue weighted by Crippen LogP contribution is 2.55. The van der Waals surface area contributed by atoms with Crippen molar-refractivity contribution >= 4 is 29.1 Å². The smallest absolute Gasteiger partial charge is 0.238 e. The standard InChI is InChI=1S/C22H30ClN3O2/c1-14(26(2)13-20(27)24-19-6-4-3-5-18(19)23)21(28)25-22-10-15-7-16(11-22)9-17(8-15)12-22/h3-6,14-17H,7-13H2,1-2H3,(H,24,27)(H,25,28)/t14-,15?,16?,17?,22?/m0/s1. The van der Waals surface area contributed by atoms with Crippen LogP contribution in [0, 0.1) is 17.8 Å². The summed E-state index contributed by atoms with van der Waals surface area (Å²) in [5.74, 6) is 2.24. The second-order valence-corrected chi connectivity index (χ2v) is 9.71. The molecule has 1 aromatic rings. The van der Waals surface area contributed by atoms with Crippen molar-refractivity contribution in [2.75, 3.05) is 18.9 Å². The van der Waals surface area contributed by atoms with Crippen LogP contribution in [0.15, 0.2) is 24.3 Å². The Labute approximate surface area is 172 Å². The maximum absolute atomic E-state index is 13.0. The van der Waals surface area contributed by atoms with E-state index in [0.717, 1.165) is 37.0 Å². The molecule has 2 amide bonds. The van der Waals surface area contributed by atoms with E-state index in [0.29, 0.717) is 10.7 Å². The molecule has 0 saturated heterocycles. The first-order chi connectivity index (χ1) is 13.3. The van der Waals surface area contributed by atoms with E-state index in [9.17, 15) is 9.59 Å². The number of halogens is 1. The van der Waals surface area contributed by atoms with Crippen LogP contribution in [0.3, 0.4) is 0 Å². The number of nitrogens with one attached hydrogen (secondary N) is 2. The van der Waals surface area contributed by atoms with Crippen molar-refractivity contribution in [1.82, 2.24) is 10.2 Å². The molecule has 1 aromatic carbocycles. The second-order valence-electron chi connectivity index (χ2n) is 9.31. The molecule has 0 heterocycles. The molecule has 4 saturated carbocycles. The fourth-order valence-corrected chi connectivity index (χ4v) is 6.13. The van der Waals surface area contributed by atoms with E-state index in [-0.39, 0.29) is 29.9 Å². The molecule has 6 heteroatoms. The summed E-state index contributed by atoms with van der Waals surface area (Å²) >= 11 is 6.10. The molecule has 0 aliphatic heterocycles. The van der Waals surface area contributed by atoms with Crippen molar-refractivity contribution < 1.29 is 9.59 Å². The summed E-state index contributed by atoms with van der Waals surface area (Å²) in [5, 5.41) is 6.73. The fourth-order valence-electron chi connectivity index (χ4n) is 5.95. The average Bonchev–Trinajstić information content (AvgIpc) is 2.61. The van der Waals surface area contributed by atoms with Gasteiger partial charge in [0.25, 0.3) is 0 Å². The van der Waals surface area contributed by atoms with Crippen molar-refractivity contribution in [3.8, 4) is 0 Å². The number of nitrogens with zero attached hydrogens (tertiary/aromatic N) is 1. The number of benzene rings is 1. The van der Waals surface area contributed by atoms with E-state index in [4.69, 9.17) is 11.6 Å². The largest absolute Gasteiger partial charge is 0.349 e. The fraction of sp³-hybridized carbons (Fsp3) is 0.636. The Balaban J connectivity index is 1.32. The Morgan fingerprint density at radius 3 is 2.29 bits per heavy atom. The molecular weight excluding hydrogens is 374 g/mol. The summed E-state index contributed by atoms with van der Waals surface area (Å²) in [7, 11) is 1.82. The quantitative estimate of drug-likeness (QED) is 0.761. The third kappa shape index (κ3) is 4.06. The Kier molecular flexibility index (Phi) is 5.41. The van der Waals surface area contributed by atoms with E-state index >= 15 is 0 Å². The third-order valence-corrected chi connectivity index (χ3v) is 7.34. The molecule has 5 rings (SSSR count). The van der Waals surface area contributed by atoms with Crippen LogP contribution in [0.5, 0.6) is 0 Å². The van der Waals surface area contributed by atoms with Crippen LogP contribution in [0.25, 0.3) is 0 Å². The highest BCUT2D eigenvalue weighted by Gasteiger charge is 2.51. The van der Waals surface area contributed by atoms with Crippen molar-refractivity contribution in [2.45, 2.75) is 57.0 Å². The minimum absolute atomic E-state index is 0.000750. The minimum atomic E-state index is -0.356.